The van der Waals surface area contributed by atoms with Gasteiger partial charge in [0.15, 0.2) is 0 Å². The van der Waals surface area contributed by atoms with E-state index in [1.54, 1.807) is 4.90 Å². The van der Waals surface area contributed by atoms with E-state index >= 15 is 0 Å². The summed E-state index contributed by atoms with van der Waals surface area (Å²) in [6, 6.07) is 1.86. The quantitative estimate of drug-likeness (QED) is 0.827. The van der Waals surface area contributed by atoms with Gasteiger partial charge in [0.1, 0.15) is 5.76 Å². The molecule has 1 aromatic heterocycles. The Kier molecular flexibility index (Phi) is 4.82. The zero-order valence-corrected chi connectivity index (χ0v) is 10.1. The lowest BCUT2D eigenvalue weighted by molar-refractivity contribution is 0.203. The molecule has 1 N–H and O–H groups in total. The third kappa shape index (κ3) is 3.56. The van der Waals surface area contributed by atoms with Crippen molar-refractivity contribution in [3.05, 3.63) is 17.5 Å². The van der Waals surface area contributed by atoms with Crippen LogP contribution in [0.2, 0.25) is 0 Å². The Morgan fingerprint density at radius 3 is 2.69 bits per heavy atom. The van der Waals surface area contributed by atoms with E-state index in [4.69, 9.17) is 4.52 Å². The summed E-state index contributed by atoms with van der Waals surface area (Å²) in [6.45, 7) is 7.82. The summed E-state index contributed by atoms with van der Waals surface area (Å²) in [7, 11) is 0. The van der Waals surface area contributed by atoms with Crippen LogP contribution in [0.4, 0.5) is 4.79 Å². The van der Waals surface area contributed by atoms with Crippen molar-refractivity contribution in [2.75, 3.05) is 19.6 Å². The number of amides is 2. The van der Waals surface area contributed by atoms with E-state index in [0.717, 1.165) is 24.5 Å². The van der Waals surface area contributed by atoms with Gasteiger partial charge in [-0.1, -0.05) is 5.16 Å². The number of aryl methyl sites for hydroxylation is 1. The third-order valence-electron chi connectivity index (χ3n) is 2.38. The molecule has 0 unspecified atom stereocenters. The molecule has 0 radical (unpaired) electrons. The number of nitrogens with zero attached hydrogens (tertiary/aromatic N) is 2. The molecule has 0 aliphatic heterocycles. The Morgan fingerprint density at radius 2 is 2.19 bits per heavy atom. The van der Waals surface area contributed by atoms with Gasteiger partial charge >= 0.3 is 6.03 Å². The summed E-state index contributed by atoms with van der Waals surface area (Å²) in [6.07, 6.45) is 0.699. The van der Waals surface area contributed by atoms with Gasteiger partial charge in [-0.05, 0) is 20.8 Å². The maximum atomic E-state index is 11.6. The van der Waals surface area contributed by atoms with Crippen LogP contribution in [0.15, 0.2) is 10.6 Å². The molecule has 90 valence electrons. The average molecular weight is 225 g/mol. The molecular weight excluding hydrogens is 206 g/mol. The molecule has 16 heavy (non-hydrogen) atoms. The number of nitrogens with one attached hydrogen (secondary N) is 1. The fraction of sp³-hybridized carbons (Fsp3) is 0.636. The first kappa shape index (κ1) is 12.5. The summed E-state index contributed by atoms with van der Waals surface area (Å²) in [5, 5.41) is 6.71. The molecule has 5 nitrogen and oxygen atoms in total. The largest absolute Gasteiger partial charge is 0.361 e. The second-order valence-corrected chi connectivity index (χ2v) is 3.58. The number of aromatic nitrogens is 1. The van der Waals surface area contributed by atoms with Crippen molar-refractivity contribution in [2.45, 2.75) is 27.2 Å². The van der Waals surface area contributed by atoms with Crippen molar-refractivity contribution in [2.24, 2.45) is 0 Å². The second kappa shape index (κ2) is 6.15. The zero-order chi connectivity index (χ0) is 12.0. The molecule has 0 aromatic carbocycles. The second-order valence-electron chi connectivity index (χ2n) is 3.58. The smallest absolute Gasteiger partial charge is 0.317 e. The summed E-state index contributed by atoms with van der Waals surface area (Å²) < 4.78 is 4.94. The van der Waals surface area contributed by atoms with Crippen molar-refractivity contribution < 1.29 is 9.32 Å². The summed E-state index contributed by atoms with van der Waals surface area (Å²) in [5.74, 6) is 0.796. The first-order valence-corrected chi connectivity index (χ1v) is 5.62. The molecular formula is C11H19N3O2. The molecule has 1 heterocycles. The molecule has 0 spiro atoms. The van der Waals surface area contributed by atoms with Crippen molar-refractivity contribution in [1.82, 2.24) is 15.4 Å². The predicted octanol–water partition coefficient (Wildman–Crippen LogP) is 1.58. The van der Waals surface area contributed by atoms with Gasteiger partial charge in [0.2, 0.25) is 0 Å². The molecule has 2 amide bonds. The van der Waals surface area contributed by atoms with Gasteiger partial charge in [-0.3, -0.25) is 0 Å². The fourth-order valence-corrected chi connectivity index (χ4v) is 1.46. The number of carbonyl (C=O) groups excluding carboxylic acids is 1. The van der Waals surface area contributed by atoms with E-state index in [0.29, 0.717) is 13.0 Å². The van der Waals surface area contributed by atoms with Crippen LogP contribution in [0.25, 0.3) is 0 Å². The van der Waals surface area contributed by atoms with Gasteiger partial charge in [0.05, 0.1) is 5.69 Å². The minimum Gasteiger partial charge on any atom is -0.361 e. The van der Waals surface area contributed by atoms with Crippen LogP contribution in [-0.2, 0) is 6.42 Å². The average Bonchev–Trinajstić information content (AvgIpc) is 2.66. The Morgan fingerprint density at radius 1 is 1.50 bits per heavy atom. The lowest BCUT2D eigenvalue weighted by Gasteiger charge is -2.18. The topological polar surface area (TPSA) is 58.4 Å². The molecule has 0 saturated heterocycles. The van der Waals surface area contributed by atoms with E-state index in [1.165, 1.54) is 0 Å². The van der Waals surface area contributed by atoms with Crippen LogP contribution >= 0.6 is 0 Å². The molecule has 0 atom stereocenters. The zero-order valence-electron chi connectivity index (χ0n) is 10.1. The van der Waals surface area contributed by atoms with Gasteiger partial charge in [-0.25, -0.2) is 4.79 Å². The highest BCUT2D eigenvalue weighted by Crippen LogP contribution is 2.01. The molecule has 0 bridgehead atoms. The molecule has 0 saturated carbocycles. The molecule has 1 aromatic rings. The van der Waals surface area contributed by atoms with Crippen molar-refractivity contribution in [1.29, 1.82) is 0 Å². The van der Waals surface area contributed by atoms with Crippen molar-refractivity contribution in [3.63, 3.8) is 0 Å². The first-order valence-electron chi connectivity index (χ1n) is 5.62. The van der Waals surface area contributed by atoms with Crippen LogP contribution in [-0.4, -0.2) is 35.7 Å². The van der Waals surface area contributed by atoms with Crippen molar-refractivity contribution >= 4 is 6.03 Å². The number of urea groups is 1. The number of rotatable bonds is 5. The van der Waals surface area contributed by atoms with E-state index < -0.39 is 0 Å². The highest BCUT2D eigenvalue weighted by atomic mass is 16.5. The Hall–Kier alpha value is -1.52. The molecule has 0 aliphatic rings. The summed E-state index contributed by atoms with van der Waals surface area (Å²) in [4.78, 5) is 13.3. The van der Waals surface area contributed by atoms with Gasteiger partial charge in [0, 0.05) is 32.1 Å². The van der Waals surface area contributed by atoms with Crippen LogP contribution in [0.1, 0.15) is 25.3 Å². The van der Waals surface area contributed by atoms with E-state index in [9.17, 15) is 4.79 Å². The monoisotopic (exact) mass is 225 g/mol. The summed E-state index contributed by atoms with van der Waals surface area (Å²) in [5.41, 5.74) is 0.873. The van der Waals surface area contributed by atoms with E-state index in [-0.39, 0.29) is 6.03 Å². The third-order valence-corrected chi connectivity index (χ3v) is 2.38. The lowest BCUT2D eigenvalue weighted by atomic mass is 10.3. The van der Waals surface area contributed by atoms with Gasteiger partial charge in [-0.15, -0.1) is 0 Å². The minimum absolute atomic E-state index is 0.0229. The number of hydrogen-bond donors (Lipinski definition) is 1. The van der Waals surface area contributed by atoms with Crippen LogP contribution in [0.5, 0.6) is 0 Å². The van der Waals surface area contributed by atoms with Crippen LogP contribution < -0.4 is 5.32 Å². The minimum atomic E-state index is -0.0229. The predicted molar refractivity (Wildman–Crippen MR) is 61.3 cm³/mol. The fourth-order valence-electron chi connectivity index (χ4n) is 1.46. The van der Waals surface area contributed by atoms with E-state index in [1.807, 2.05) is 26.8 Å². The molecule has 5 heteroatoms. The SMILES string of the molecule is CCN(CC)C(=O)NCCc1cc(C)on1. The standard InChI is InChI=1S/C11H19N3O2/c1-4-14(5-2)11(15)12-7-6-10-8-9(3)16-13-10/h8H,4-7H2,1-3H3,(H,12,15). The Balaban J connectivity index is 2.27. The maximum Gasteiger partial charge on any atom is 0.317 e. The number of carbonyl (C=O) groups is 1. The van der Waals surface area contributed by atoms with E-state index in [2.05, 4.69) is 10.5 Å². The van der Waals surface area contributed by atoms with Gasteiger partial charge in [-0.2, -0.15) is 0 Å². The molecule has 0 fully saturated rings. The highest BCUT2D eigenvalue weighted by Gasteiger charge is 2.08. The summed E-state index contributed by atoms with van der Waals surface area (Å²) >= 11 is 0. The lowest BCUT2D eigenvalue weighted by Crippen LogP contribution is -2.40. The van der Waals surface area contributed by atoms with Crippen LogP contribution in [0.3, 0.4) is 0 Å². The number of hydrogen-bond acceptors (Lipinski definition) is 3. The molecule has 0 aliphatic carbocycles. The highest BCUT2D eigenvalue weighted by molar-refractivity contribution is 5.74. The van der Waals surface area contributed by atoms with Gasteiger partial charge in [0.25, 0.3) is 0 Å². The van der Waals surface area contributed by atoms with Crippen LogP contribution in [0, 0.1) is 6.92 Å². The molecule has 1 rings (SSSR count). The van der Waals surface area contributed by atoms with Gasteiger partial charge < -0.3 is 14.7 Å². The Bertz CT molecular complexity index is 332. The Labute approximate surface area is 95.8 Å². The first-order chi connectivity index (χ1) is 7.67. The van der Waals surface area contributed by atoms with Crippen molar-refractivity contribution in [3.8, 4) is 0 Å². The normalized spacial score (nSPS) is 10.2. The maximum absolute atomic E-state index is 11.6.